The van der Waals surface area contributed by atoms with E-state index in [4.69, 9.17) is 10.3 Å². The van der Waals surface area contributed by atoms with Crippen LogP contribution in [0.1, 0.15) is 20.3 Å². The molecule has 0 aromatic heterocycles. The number of nitrogens with zero attached hydrogens (tertiary/aromatic N) is 3. The summed E-state index contributed by atoms with van der Waals surface area (Å²) < 4.78 is 26.1. The largest absolute Gasteiger partial charge is 0.465 e. The Bertz CT molecular complexity index is 400. The van der Waals surface area contributed by atoms with Gasteiger partial charge in [-0.3, -0.25) is 4.79 Å². The zero-order valence-electron chi connectivity index (χ0n) is 9.50. The molecule has 0 spiro atoms. The molecule has 0 radical (unpaired) electrons. The number of hydrogen-bond acceptors (Lipinski definition) is 5. The van der Waals surface area contributed by atoms with Crippen LogP contribution in [-0.2, 0) is 19.4 Å². The second-order valence-electron chi connectivity index (χ2n) is 3.43. The molecule has 0 fully saturated rings. The Morgan fingerprint density at radius 3 is 2.50 bits per heavy atom. The molecule has 0 bridgehead atoms. The smallest absolute Gasteiger partial charge is 0.327 e. The molecule has 0 heterocycles. The zero-order chi connectivity index (χ0) is 12.8. The first-order chi connectivity index (χ1) is 7.29. The average molecular weight is 249 g/mol. The number of esters is 1. The number of ether oxygens (including phenoxy) is 1. The summed E-state index contributed by atoms with van der Waals surface area (Å²) in [6, 6.07) is 0. The molecule has 0 aliphatic rings. The minimum Gasteiger partial charge on any atom is -0.465 e. The minimum atomic E-state index is -3.62. The first kappa shape index (κ1) is 14.7. The first-order valence-electron chi connectivity index (χ1n) is 4.67. The van der Waals surface area contributed by atoms with E-state index in [9.17, 15) is 13.2 Å². The van der Waals surface area contributed by atoms with Crippen molar-refractivity contribution in [1.82, 2.24) is 0 Å². The third-order valence-corrected chi connectivity index (χ3v) is 4.29. The summed E-state index contributed by atoms with van der Waals surface area (Å²) in [5.41, 5.74) is 8.10. The Kier molecular flexibility index (Phi) is 5.26. The summed E-state index contributed by atoms with van der Waals surface area (Å²) in [6.07, 6.45) is 0.870. The van der Waals surface area contributed by atoms with E-state index in [1.165, 1.54) is 6.92 Å². The van der Waals surface area contributed by atoms with Crippen LogP contribution in [-0.4, -0.2) is 38.5 Å². The van der Waals surface area contributed by atoms with Gasteiger partial charge in [0.25, 0.3) is 0 Å². The first-order valence-corrected chi connectivity index (χ1v) is 6.56. The summed E-state index contributed by atoms with van der Waals surface area (Å²) in [4.78, 5) is 14.1. The molecule has 0 aromatic rings. The van der Waals surface area contributed by atoms with Crippen LogP contribution < -0.4 is 0 Å². The summed E-state index contributed by atoms with van der Waals surface area (Å²) in [5.74, 6) is -0.814. The number of rotatable bonds is 6. The standard InChI is InChI=1S/C8H15N3O4S/c1-4-15-7(12)8(2,16(3,13)14)5-6-10-11-9/h4-6H2,1-3H3. The lowest BCUT2D eigenvalue weighted by molar-refractivity contribution is -0.145. The van der Waals surface area contributed by atoms with Gasteiger partial charge in [0.15, 0.2) is 14.6 Å². The second kappa shape index (κ2) is 5.72. The zero-order valence-corrected chi connectivity index (χ0v) is 10.3. The van der Waals surface area contributed by atoms with Crippen molar-refractivity contribution in [2.45, 2.75) is 25.0 Å². The molecule has 1 atom stereocenters. The Balaban J connectivity index is 5.04. The van der Waals surface area contributed by atoms with Gasteiger partial charge >= 0.3 is 5.97 Å². The van der Waals surface area contributed by atoms with Crippen molar-refractivity contribution >= 4 is 15.8 Å². The van der Waals surface area contributed by atoms with Crippen LogP contribution in [0.4, 0.5) is 0 Å². The van der Waals surface area contributed by atoms with Gasteiger partial charge in [-0.2, -0.15) is 0 Å². The third-order valence-electron chi connectivity index (χ3n) is 2.28. The van der Waals surface area contributed by atoms with E-state index in [1.807, 2.05) is 0 Å². The maximum absolute atomic E-state index is 11.6. The quantitative estimate of drug-likeness (QED) is 0.303. The number of azide groups is 1. The summed E-state index contributed by atoms with van der Waals surface area (Å²) in [5, 5.41) is 3.22. The predicted octanol–water partition coefficient (Wildman–Crippen LogP) is 1.05. The van der Waals surface area contributed by atoms with Gasteiger partial charge in [0.2, 0.25) is 0 Å². The molecule has 0 aliphatic heterocycles. The molecule has 0 aromatic carbocycles. The highest BCUT2D eigenvalue weighted by molar-refractivity contribution is 7.92. The summed E-state index contributed by atoms with van der Waals surface area (Å²) in [7, 11) is -3.62. The van der Waals surface area contributed by atoms with Crippen molar-refractivity contribution in [1.29, 1.82) is 0 Å². The predicted molar refractivity (Wildman–Crippen MR) is 58.5 cm³/mol. The number of carbonyl (C=O) groups is 1. The van der Waals surface area contributed by atoms with Crippen LogP contribution in [0.2, 0.25) is 0 Å². The van der Waals surface area contributed by atoms with E-state index in [0.29, 0.717) is 0 Å². The second-order valence-corrected chi connectivity index (χ2v) is 5.87. The molecule has 1 unspecified atom stereocenters. The van der Waals surface area contributed by atoms with Crippen LogP contribution in [0.25, 0.3) is 10.4 Å². The summed E-state index contributed by atoms with van der Waals surface area (Å²) in [6.45, 7) is 2.89. The van der Waals surface area contributed by atoms with Gasteiger partial charge in [-0.1, -0.05) is 5.11 Å². The molecule has 0 rings (SSSR count). The van der Waals surface area contributed by atoms with Crippen LogP contribution >= 0.6 is 0 Å². The van der Waals surface area contributed by atoms with Gasteiger partial charge in [0.05, 0.1) is 6.61 Å². The van der Waals surface area contributed by atoms with Gasteiger partial charge in [-0.25, -0.2) is 8.42 Å². The highest BCUT2D eigenvalue weighted by Gasteiger charge is 2.44. The lowest BCUT2D eigenvalue weighted by atomic mass is 10.1. The van der Waals surface area contributed by atoms with Gasteiger partial charge in [0, 0.05) is 17.7 Å². The lowest BCUT2D eigenvalue weighted by Crippen LogP contribution is -2.45. The minimum absolute atomic E-state index is 0.0706. The fourth-order valence-corrected chi connectivity index (χ4v) is 1.85. The van der Waals surface area contributed by atoms with Crippen LogP contribution in [0, 0.1) is 0 Å². The van der Waals surface area contributed by atoms with Gasteiger partial charge < -0.3 is 4.74 Å². The third kappa shape index (κ3) is 3.39. The molecule has 16 heavy (non-hydrogen) atoms. The van der Waals surface area contributed by atoms with E-state index in [2.05, 4.69) is 10.0 Å². The van der Waals surface area contributed by atoms with Crippen molar-refractivity contribution in [2.75, 3.05) is 19.4 Å². The van der Waals surface area contributed by atoms with Crippen LogP contribution in [0.3, 0.4) is 0 Å². The van der Waals surface area contributed by atoms with Gasteiger partial charge in [0.1, 0.15) is 0 Å². The molecule has 0 aliphatic carbocycles. The molecule has 7 nitrogen and oxygen atoms in total. The molecule has 0 saturated heterocycles. The fraction of sp³-hybridized carbons (Fsp3) is 0.875. The van der Waals surface area contributed by atoms with Crippen molar-refractivity contribution in [3.63, 3.8) is 0 Å². The Morgan fingerprint density at radius 2 is 2.12 bits per heavy atom. The molecule has 0 saturated carbocycles. The van der Waals surface area contributed by atoms with Crippen molar-refractivity contribution in [3.8, 4) is 0 Å². The number of carbonyl (C=O) groups excluding carboxylic acids is 1. The lowest BCUT2D eigenvalue weighted by Gasteiger charge is -2.24. The van der Waals surface area contributed by atoms with Gasteiger partial charge in [-0.05, 0) is 25.8 Å². The number of sulfone groups is 1. The average Bonchev–Trinajstić information content (AvgIpc) is 2.16. The maximum atomic E-state index is 11.6. The highest BCUT2D eigenvalue weighted by atomic mass is 32.2. The van der Waals surface area contributed by atoms with E-state index in [1.54, 1.807) is 6.92 Å². The van der Waals surface area contributed by atoms with Gasteiger partial charge in [-0.15, -0.1) is 0 Å². The maximum Gasteiger partial charge on any atom is 0.327 e. The monoisotopic (exact) mass is 249 g/mol. The highest BCUT2D eigenvalue weighted by Crippen LogP contribution is 2.22. The van der Waals surface area contributed by atoms with Crippen LogP contribution in [0.5, 0.6) is 0 Å². The van der Waals surface area contributed by atoms with Crippen molar-refractivity contribution in [3.05, 3.63) is 10.4 Å². The Labute approximate surface area is 94.3 Å². The topological polar surface area (TPSA) is 109 Å². The van der Waals surface area contributed by atoms with E-state index < -0.39 is 20.6 Å². The normalized spacial score (nSPS) is 14.7. The molecular formula is C8H15N3O4S. The van der Waals surface area contributed by atoms with E-state index in [0.717, 1.165) is 6.26 Å². The molecular weight excluding hydrogens is 234 g/mol. The van der Waals surface area contributed by atoms with Crippen LogP contribution in [0.15, 0.2) is 5.11 Å². The Hall–Kier alpha value is -1.27. The molecule has 92 valence electrons. The van der Waals surface area contributed by atoms with Crippen molar-refractivity contribution in [2.24, 2.45) is 5.11 Å². The van der Waals surface area contributed by atoms with Crippen molar-refractivity contribution < 1.29 is 17.9 Å². The van der Waals surface area contributed by atoms with E-state index in [-0.39, 0.29) is 19.6 Å². The number of hydrogen-bond donors (Lipinski definition) is 0. The Morgan fingerprint density at radius 1 is 1.56 bits per heavy atom. The summed E-state index contributed by atoms with van der Waals surface area (Å²) >= 11 is 0. The molecule has 0 amide bonds. The fourth-order valence-electron chi connectivity index (χ4n) is 1.03. The molecule has 8 heteroatoms. The molecule has 0 N–H and O–H groups in total. The van der Waals surface area contributed by atoms with E-state index >= 15 is 0 Å². The SMILES string of the molecule is CCOC(=O)C(C)(CCN=[N+]=[N-])S(C)(=O)=O.